The third-order valence-electron chi connectivity index (χ3n) is 5.20. The molecule has 2 aliphatic heterocycles. The molecule has 0 aliphatic carbocycles. The highest BCUT2D eigenvalue weighted by atomic mass is 32.2. The Morgan fingerprint density at radius 1 is 1.30 bits per heavy atom. The highest BCUT2D eigenvalue weighted by Crippen LogP contribution is 2.17. The predicted octanol–water partition coefficient (Wildman–Crippen LogP) is 0.851. The first kappa shape index (κ1) is 20.3. The molecule has 0 aromatic heterocycles. The van der Waals surface area contributed by atoms with E-state index in [0.717, 1.165) is 18.4 Å². The number of amides is 1. The number of carbonyl (C=O) groups excluding carboxylic acids is 1. The van der Waals surface area contributed by atoms with Gasteiger partial charge >= 0.3 is 0 Å². The summed E-state index contributed by atoms with van der Waals surface area (Å²) < 4.78 is 32.6. The quantitative estimate of drug-likeness (QED) is 0.741. The van der Waals surface area contributed by atoms with Crippen molar-refractivity contribution in [2.45, 2.75) is 25.9 Å². The first-order chi connectivity index (χ1) is 13.0. The molecule has 1 N–H and O–H groups in total. The van der Waals surface area contributed by atoms with Gasteiger partial charge in [0, 0.05) is 51.4 Å². The summed E-state index contributed by atoms with van der Waals surface area (Å²) in [7, 11) is -3.38. The minimum atomic E-state index is -3.38. The van der Waals surface area contributed by atoms with Crippen LogP contribution in [-0.2, 0) is 14.8 Å². The zero-order chi connectivity index (χ0) is 19.3. The van der Waals surface area contributed by atoms with E-state index >= 15 is 0 Å². The third-order valence-corrected chi connectivity index (χ3v) is 7.05. The lowest BCUT2D eigenvalue weighted by atomic mass is 10.1. The second-order valence-corrected chi connectivity index (χ2v) is 9.25. The first-order valence-electron chi connectivity index (χ1n) is 9.62. The number of rotatable bonds is 7. The van der Waals surface area contributed by atoms with Crippen LogP contribution in [0.25, 0.3) is 0 Å². The summed E-state index contributed by atoms with van der Waals surface area (Å²) in [6.45, 7) is 5.52. The van der Waals surface area contributed by atoms with Gasteiger partial charge < -0.3 is 15.0 Å². The van der Waals surface area contributed by atoms with Gasteiger partial charge in [-0.25, -0.2) is 8.42 Å². The van der Waals surface area contributed by atoms with Crippen molar-refractivity contribution in [3.05, 3.63) is 35.4 Å². The molecule has 7 nitrogen and oxygen atoms in total. The van der Waals surface area contributed by atoms with Crippen molar-refractivity contribution in [2.75, 3.05) is 51.6 Å². The summed E-state index contributed by atoms with van der Waals surface area (Å²) in [5.74, 6) is -0.184. The zero-order valence-corrected chi connectivity index (χ0v) is 16.7. The Hall–Kier alpha value is -1.48. The fraction of sp³-hybridized carbons (Fsp3) is 0.632. The highest BCUT2D eigenvalue weighted by Gasteiger charge is 2.28. The minimum absolute atomic E-state index is 0.0140. The maximum Gasteiger partial charge on any atom is 0.254 e. The van der Waals surface area contributed by atoms with Crippen LogP contribution >= 0.6 is 0 Å². The molecule has 1 atom stereocenters. The second-order valence-electron chi connectivity index (χ2n) is 7.17. The van der Waals surface area contributed by atoms with Crippen LogP contribution in [0, 0.1) is 6.92 Å². The number of sulfonamides is 1. The SMILES string of the molecule is Cc1ccccc1C(=O)N(CCS(=O)(=O)N1CCNCC1)C[C@H]1CCCO1. The van der Waals surface area contributed by atoms with Gasteiger partial charge in [-0.3, -0.25) is 4.79 Å². The molecule has 2 fully saturated rings. The highest BCUT2D eigenvalue weighted by molar-refractivity contribution is 7.89. The number of carbonyl (C=O) groups is 1. The number of hydrogen-bond acceptors (Lipinski definition) is 5. The van der Waals surface area contributed by atoms with E-state index < -0.39 is 10.0 Å². The van der Waals surface area contributed by atoms with E-state index in [0.29, 0.717) is 44.9 Å². The van der Waals surface area contributed by atoms with Crippen LogP contribution in [-0.4, -0.2) is 81.3 Å². The Bertz CT molecular complexity index is 741. The van der Waals surface area contributed by atoms with Crippen LogP contribution in [0.15, 0.2) is 24.3 Å². The van der Waals surface area contributed by atoms with Gasteiger partial charge in [0.1, 0.15) is 0 Å². The van der Waals surface area contributed by atoms with Gasteiger partial charge in [0.15, 0.2) is 0 Å². The molecule has 8 heteroatoms. The lowest BCUT2D eigenvalue weighted by Crippen LogP contribution is -2.49. The largest absolute Gasteiger partial charge is 0.376 e. The molecule has 1 aromatic carbocycles. The molecule has 2 heterocycles. The van der Waals surface area contributed by atoms with Crippen LogP contribution in [0.1, 0.15) is 28.8 Å². The average molecular weight is 396 g/mol. The van der Waals surface area contributed by atoms with Crippen molar-refractivity contribution in [1.82, 2.24) is 14.5 Å². The Morgan fingerprint density at radius 2 is 2.04 bits per heavy atom. The normalized spacial score (nSPS) is 21.3. The Morgan fingerprint density at radius 3 is 2.70 bits per heavy atom. The maximum absolute atomic E-state index is 13.1. The monoisotopic (exact) mass is 395 g/mol. The molecule has 150 valence electrons. The third kappa shape index (κ3) is 5.28. The number of nitrogens with zero attached hydrogens (tertiary/aromatic N) is 2. The lowest BCUT2D eigenvalue weighted by Gasteiger charge is -2.29. The van der Waals surface area contributed by atoms with Gasteiger partial charge in [-0.2, -0.15) is 4.31 Å². The summed E-state index contributed by atoms with van der Waals surface area (Å²) in [5.41, 5.74) is 1.51. The zero-order valence-electron chi connectivity index (χ0n) is 15.9. The fourth-order valence-corrected chi connectivity index (χ4v) is 5.02. The van der Waals surface area contributed by atoms with Crippen LogP contribution in [0.4, 0.5) is 0 Å². The van der Waals surface area contributed by atoms with E-state index in [4.69, 9.17) is 4.74 Å². The second kappa shape index (κ2) is 9.14. The van der Waals surface area contributed by atoms with Crippen LogP contribution in [0.5, 0.6) is 0 Å². The summed E-state index contributed by atoms with van der Waals surface area (Å²) in [4.78, 5) is 14.7. The van der Waals surface area contributed by atoms with Gasteiger partial charge in [-0.15, -0.1) is 0 Å². The summed E-state index contributed by atoms with van der Waals surface area (Å²) in [6, 6.07) is 7.42. The van der Waals surface area contributed by atoms with Gasteiger partial charge in [0.2, 0.25) is 10.0 Å². The molecule has 2 aliphatic rings. The smallest absolute Gasteiger partial charge is 0.254 e. The van der Waals surface area contributed by atoms with E-state index in [1.54, 1.807) is 11.0 Å². The number of piperazine rings is 1. The van der Waals surface area contributed by atoms with Crippen LogP contribution in [0.2, 0.25) is 0 Å². The molecule has 0 saturated carbocycles. The van der Waals surface area contributed by atoms with Crippen molar-refractivity contribution in [1.29, 1.82) is 0 Å². The number of ether oxygens (including phenoxy) is 1. The van der Waals surface area contributed by atoms with Gasteiger partial charge in [-0.1, -0.05) is 18.2 Å². The van der Waals surface area contributed by atoms with Gasteiger partial charge in [0.05, 0.1) is 11.9 Å². The van der Waals surface area contributed by atoms with E-state index in [2.05, 4.69) is 5.32 Å². The summed E-state index contributed by atoms with van der Waals surface area (Å²) >= 11 is 0. The van der Waals surface area contributed by atoms with Gasteiger partial charge in [-0.05, 0) is 31.4 Å². The molecule has 0 unspecified atom stereocenters. The molecule has 3 rings (SSSR count). The topological polar surface area (TPSA) is 79.0 Å². The first-order valence-corrected chi connectivity index (χ1v) is 11.2. The van der Waals surface area contributed by atoms with Crippen molar-refractivity contribution >= 4 is 15.9 Å². The molecule has 0 spiro atoms. The van der Waals surface area contributed by atoms with Crippen LogP contribution in [0.3, 0.4) is 0 Å². The lowest BCUT2D eigenvalue weighted by molar-refractivity contribution is 0.0539. The number of aryl methyl sites for hydroxylation is 1. The summed E-state index contributed by atoms with van der Waals surface area (Å²) in [6.07, 6.45) is 1.87. The Balaban J connectivity index is 1.71. The number of nitrogens with one attached hydrogen (secondary N) is 1. The van der Waals surface area contributed by atoms with Gasteiger partial charge in [0.25, 0.3) is 5.91 Å². The molecule has 2 saturated heterocycles. The van der Waals surface area contributed by atoms with Crippen molar-refractivity contribution in [3.63, 3.8) is 0 Å². The van der Waals surface area contributed by atoms with E-state index in [-0.39, 0.29) is 24.3 Å². The molecule has 1 amide bonds. The number of hydrogen-bond donors (Lipinski definition) is 1. The van der Waals surface area contributed by atoms with E-state index in [9.17, 15) is 13.2 Å². The molecule has 0 bridgehead atoms. The Labute approximate surface area is 161 Å². The standard InChI is InChI=1S/C19H29N3O4S/c1-16-5-2-3-7-18(16)19(23)21(15-17-6-4-13-26-17)12-14-27(24,25)22-10-8-20-9-11-22/h2-3,5,7,17,20H,4,6,8-15H2,1H3/t17-/m1/s1. The predicted molar refractivity (Wildman–Crippen MR) is 104 cm³/mol. The van der Waals surface area contributed by atoms with E-state index in [1.165, 1.54) is 4.31 Å². The molecule has 27 heavy (non-hydrogen) atoms. The van der Waals surface area contributed by atoms with Crippen molar-refractivity contribution < 1.29 is 17.9 Å². The van der Waals surface area contributed by atoms with Crippen LogP contribution < -0.4 is 5.32 Å². The minimum Gasteiger partial charge on any atom is -0.376 e. The summed E-state index contributed by atoms with van der Waals surface area (Å²) in [5, 5.41) is 3.16. The molecule has 1 aromatic rings. The number of benzene rings is 1. The molecule has 0 radical (unpaired) electrons. The van der Waals surface area contributed by atoms with E-state index in [1.807, 2.05) is 25.1 Å². The average Bonchev–Trinajstić information content (AvgIpc) is 3.19. The fourth-order valence-electron chi connectivity index (χ4n) is 3.57. The molecular formula is C19H29N3O4S. The van der Waals surface area contributed by atoms with Crippen molar-refractivity contribution in [3.8, 4) is 0 Å². The molecular weight excluding hydrogens is 366 g/mol. The van der Waals surface area contributed by atoms with Crippen molar-refractivity contribution in [2.24, 2.45) is 0 Å². The maximum atomic E-state index is 13.1. The Kier molecular flexibility index (Phi) is 6.86.